The lowest BCUT2D eigenvalue weighted by Crippen LogP contribution is -2.52. The molecule has 1 aliphatic heterocycles. The van der Waals surface area contributed by atoms with Gasteiger partial charge in [0.25, 0.3) is 5.91 Å². The monoisotopic (exact) mass is 465 g/mol. The predicted molar refractivity (Wildman–Crippen MR) is 134 cm³/mol. The summed E-state index contributed by atoms with van der Waals surface area (Å²) in [6.45, 7) is 5.89. The van der Waals surface area contributed by atoms with Crippen molar-refractivity contribution in [2.45, 2.75) is 19.0 Å². The highest BCUT2D eigenvalue weighted by Crippen LogP contribution is 2.31. The molecule has 7 heteroatoms. The Balaban J connectivity index is 1.47. The van der Waals surface area contributed by atoms with Crippen molar-refractivity contribution in [3.05, 3.63) is 76.5 Å². The third-order valence-corrected chi connectivity index (χ3v) is 7.08. The first kappa shape index (κ1) is 23.1. The molecule has 6 nitrogen and oxygen atoms in total. The molecule has 1 fully saturated rings. The Kier molecular flexibility index (Phi) is 7.52. The lowest BCUT2D eigenvalue weighted by Gasteiger charge is -2.42. The number of nitrogens with zero attached hydrogens (tertiary/aromatic N) is 2. The van der Waals surface area contributed by atoms with Crippen molar-refractivity contribution in [2.75, 3.05) is 45.3 Å². The summed E-state index contributed by atoms with van der Waals surface area (Å²) in [5.41, 5.74) is 1.82. The van der Waals surface area contributed by atoms with Gasteiger partial charge >= 0.3 is 0 Å². The van der Waals surface area contributed by atoms with Crippen molar-refractivity contribution in [2.24, 2.45) is 0 Å². The second-order valence-corrected chi connectivity index (χ2v) is 9.13. The van der Waals surface area contributed by atoms with E-state index in [1.165, 1.54) is 10.6 Å². The highest BCUT2D eigenvalue weighted by molar-refractivity contribution is 7.10. The largest absolute Gasteiger partial charge is 0.493 e. The fraction of sp³-hybridized carbons (Fsp3) is 0.346. The Morgan fingerprint density at radius 3 is 2.30 bits per heavy atom. The van der Waals surface area contributed by atoms with Crippen LogP contribution < -0.4 is 19.7 Å². The van der Waals surface area contributed by atoms with Crippen molar-refractivity contribution >= 4 is 22.9 Å². The van der Waals surface area contributed by atoms with Gasteiger partial charge < -0.3 is 19.7 Å². The molecule has 1 N–H and O–H groups in total. The molecule has 1 aliphatic rings. The standard InChI is InChI=1S/C26H31N3O3S/c1-19(27-26(30)20-11-12-22(31-2)23(18-20)32-3)25(24-10-7-17-33-24)29-15-13-28(14-16-29)21-8-5-4-6-9-21/h4-12,17-19,25H,13-16H2,1-3H3,(H,27,30)/t19-,25-/m0/s1. The maximum Gasteiger partial charge on any atom is 0.251 e. The van der Waals surface area contributed by atoms with E-state index in [-0.39, 0.29) is 18.0 Å². The Bertz CT molecular complexity index is 1030. The first-order chi connectivity index (χ1) is 16.1. The van der Waals surface area contributed by atoms with E-state index in [9.17, 15) is 4.79 Å². The summed E-state index contributed by atoms with van der Waals surface area (Å²) in [5.74, 6) is 1.03. The second-order valence-electron chi connectivity index (χ2n) is 8.15. The molecule has 3 aromatic rings. The van der Waals surface area contributed by atoms with Gasteiger partial charge in [-0.25, -0.2) is 0 Å². The van der Waals surface area contributed by atoms with E-state index in [2.05, 4.69) is 69.9 Å². The van der Waals surface area contributed by atoms with Crippen LogP contribution in [0.3, 0.4) is 0 Å². The molecule has 1 aromatic heterocycles. The average molecular weight is 466 g/mol. The summed E-state index contributed by atoms with van der Waals surface area (Å²) in [6.07, 6.45) is 0. The van der Waals surface area contributed by atoms with Gasteiger partial charge in [0.15, 0.2) is 11.5 Å². The van der Waals surface area contributed by atoms with Gasteiger partial charge in [0.05, 0.1) is 20.3 Å². The van der Waals surface area contributed by atoms with Crippen LogP contribution in [0.15, 0.2) is 66.0 Å². The van der Waals surface area contributed by atoms with Crippen LogP contribution in [0, 0.1) is 0 Å². The van der Waals surface area contributed by atoms with E-state index in [4.69, 9.17) is 9.47 Å². The van der Waals surface area contributed by atoms with Crippen molar-refractivity contribution in [3.8, 4) is 11.5 Å². The molecular weight excluding hydrogens is 434 g/mol. The van der Waals surface area contributed by atoms with Crippen LogP contribution >= 0.6 is 11.3 Å². The molecule has 2 heterocycles. The number of hydrogen-bond donors (Lipinski definition) is 1. The zero-order valence-electron chi connectivity index (χ0n) is 19.4. The minimum atomic E-state index is -0.118. The van der Waals surface area contributed by atoms with Crippen molar-refractivity contribution in [3.63, 3.8) is 0 Å². The Morgan fingerprint density at radius 1 is 0.939 bits per heavy atom. The number of carbonyl (C=O) groups excluding carboxylic acids is 1. The molecule has 2 aromatic carbocycles. The quantitative estimate of drug-likeness (QED) is 0.533. The SMILES string of the molecule is COc1ccc(C(=O)N[C@@H](C)[C@@H](c2cccs2)N2CCN(c3ccccc3)CC2)cc1OC. The van der Waals surface area contributed by atoms with Crippen molar-refractivity contribution < 1.29 is 14.3 Å². The second kappa shape index (κ2) is 10.7. The normalized spacial score (nSPS) is 16.2. The van der Waals surface area contributed by atoms with Crippen molar-refractivity contribution in [1.82, 2.24) is 10.2 Å². The average Bonchev–Trinajstić information content (AvgIpc) is 3.39. The number of ether oxygens (including phenoxy) is 2. The number of amides is 1. The topological polar surface area (TPSA) is 54.0 Å². The first-order valence-electron chi connectivity index (χ1n) is 11.2. The number of para-hydroxylation sites is 1. The van der Waals surface area contributed by atoms with Gasteiger partial charge in [0.2, 0.25) is 0 Å². The smallest absolute Gasteiger partial charge is 0.251 e. The minimum Gasteiger partial charge on any atom is -0.493 e. The molecule has 2 atom stereocenters. The molecule has 1 amide bonds. The number of benzene rings is 2. The van der Waals surface area contributed by atoms with Crippen LogP contribution in [0.25, 0.3) is 0 Å². The molecule has 0 saturated carbocycles. The third-order valence-electron chi connectivity index (χ3n) is 6.14. The number of rotatable bonds is 8. The number of thiophene rings is 1. The van der Waals surface area contributed by atoms with Crippen LogP contribution in [-0.2, 0) is 0 Å². The number of carbonyl (C=O) groups is 1. The molecule has 0 bridgehead atoms. The first-order valence-corrected chi connectivity index (χ1v) is 12.1. The third kappa shape index (κ3) is 5.31. The molecule has 174 valence electrons. The van der Waals surface area contributed by atoms with Gasteiger partial charge in [-0.1, -0.05) is 24.3 Å². The molecule has 0 unspecified atom stereocenters. The van der Waals surface area contributed by atoms with E-state index in [1.807, 2.05) is 0 Å². The fourth-order valence-electron chi connectivity index (χ4n) is 4.45. The van der Waals surface area contributed by atoms with Crippen LogP contribution in [-0.4, -0.2) is 57.2 Å². The van der Waals surface area contributed by atoms with Crippen LogP contribution in [0.5, 0.6) is 11.5 Å². The van der Waals surface area contributed by atoms with Crippen LogP contribution in [0.4, 0.5) is 5.69 Å². The van der Waals surface area contributed by atoms with Gasteiger partial charge in [-0.3, -0.25) is 9.69 Å². The van der Waals surface area contributed by atoms with E-state index in [0.29, 0.717) is 17.1 Å². The molecule has 4 rings (SSSR count). The number of hydrogen-bond acceptors (Lipinski definition) is 6. The Labute approximate surface area is 199 Å². The Morgan fingerprint density at radius 2 is 1.67 bits per heavy atom. The van der Waals surface area contributed by atoms with Gasteiger partial charge in [-0.2, -0.15) is 0 Å². The number of piperazine rings is 1. The summed E-state index contributed by atoms with van der Waals surface area (Å²) in [4.78, 5) is 19.3. The lowest BCUT2D eigenvalue weighted by molar-refractivity contribution is 0.0890. The van der Waals surface area contributed by atoms with Gasteiger partial charge in [-0.15, -0.1) is 11.3 Å². The zero-order chi connectivity index (χ0) is 23.2. The lowest BCUT2D eigenvalue weighted by atomic mass is 10.0. The summed E-state index contributed by atoms with van der Waals surface area (Å²) >= 11 is 1.74. The Hall–Kier alpha value is -3.03. The summed E-state index contributed by atoms with van der Waals surface area (Å²) in [7, 11) is 3.16. The molecule has 0 spiro atoms. The van der Waals surface area contributed by atoms with Gasteiger partial charge in [0.1, 0.15) is 0 Å². The van der Waals surface area contributed by atoms with E-state index < -0.39 is 0 Å². The van der Waals surface area contributed by atoms with Crippen molar-refractivity contribution in [1.29, 1.82) is 0 Å². The number of anilines is 1. The highest BCUT2D eigenvalue weighted by Gasteiger charge is 2.31. The summed E-state index contributed by atoms with van der Waals surface area (Å²) in [5, 5.41) is 5.33. The highest BCUT2D eigenvalue weighted by atomic mass is 32.1. The van der Waals surface area contributed by atoms with Crippen LogP contribution in [0.2, 0.25) is 0 Å². The van der Waals surface area contributed by atoms with E-state index in [1.54, 1.807) is 43.8 Å². The van der Waals surface area contributed by atoms with E-state index in [0.717, 1.165) is 26.2 Å². The van der Waals surface area contributed by atoms with Gasteiger partial charge in [0, 0.05) is 48.3 Å². The van der Waals surface area contributed by atoms with Gasteiger partial charge in [-0.05, 0) is 48.7 Å². The maximum absolute atomic E-state index is 13.1. The predicted octanol–water partition coefficient (Wildman–Crippen LogP) is 4.45. The number of methoxy groups -OCH3 is 2. The molecule has 0 radical (unpaired) electrons. The number of nitrogens with one attached hydrogen (secondary N) is 1. The molecule has 1 saturated heterocycles. The molecular formula is C26H31N3O3S. The van der Waals surface area contributed by atoms with Crippen LogP contribution in [0.1, 0.15) is 28.2 Å². The minimum absolute atomic E-state index is 0.0625. The van der Waals surface area contributed by atoms with E-state index >= 15 is 0 Å². The molecule has 0 aliphatic carbocycles. The summed E-state index contributed by atoms with van der Waals surface area (Å²) in [6, 6.07) is 20.1. The zero-order valence-corrected chi connectivity index (χ0v) is 20.2. The molecule has 33 heavy (non-hydrogen) atoms. The fourth-order valence-corrected chi connectivity index (χ4v) is 5.41. The maximum atomic E-state index is 13.1. The summed E-state index contributed by atoms with van der Waals surface area (Å²) < 4.78 is 10.7.